The Morgan fingerprint density at radius 2 is 1.53 bits per heavy atom. The van der Waals surface area contributed by atoms with Crippen LogP contribution in [-0.2, 0) is 17.8 Å². The van der Waals surface area contributed by atoms with Gasteiger partial charge in [0.15, 0.2) is 0 Å². The van der Waals surface area contributed by atoms with E-state index in [2.05, 4.69) is 26.3 Å². The van der Waals surface area contributed by atoms with Gasteiger partial charge >= 0.3 is 0 Å². The summed E-state index contributed by atoms with van der Waals surface area (Å²) >= 11 is 5.83. The zero-order chi connectivity index (χ0) is 22.3. The van der Waals surface area contributed by atoms with E-state index in [9.17, 15) is 9.59 Å². The molecule has 4 rings (SSSR count). The molecule has 2 N–H and O–H groups in total. The number of nitrogens with one attached hydrogen (secondary N) is 2. The molecule has 0 aliphatic carbocycles. The van der Waals surface area contributed by atoms with Crippen LogP contribution in [0, 0.1) is 0 Å². The molecule has 0 radical (unpaired) electrons. The quantitative estimate of drug-likeness (QED) is 0.443. The highest BCUT2D eigenvalue weighted by atomic mass is 35.5. The summed E-state index contributed by atoms with van der Waals surface area (Å²) < 4.78 is 0. The van der Waals surface area contributed by atoms with E-state index in [0.717, 1.165) is 16.7 Å². The lowest BCUT2D eigenvalue weighted by Gasteiger charge is -2.08. The van der Waals surface area contributed by atoms with E-state index in [4.69, 9.17) is 11.6 Å². The first-order valence-corrected chi connectivity index (χ1v) is 10.2. The van der Waals surface area contributed by atoms with Crippen LogP contribution in [-0.4, -0.2) is 32.0 Å². The second-order valence-corrected chi connectivity index (χ2v) is 7.45. The summed E-state index contributed by atoms with van der Waals surface area (Å²) in [5.41, 5.74) is 7.84. The number of carbonyl (C=O) groups excluding carboxylic acids is 2. The minimum atomic E-state index is -0.411. The third kappa shape index (κ3) is 5.55. The molecule has 0 unspecified atom stereocenters. The molecule has 0 bridgehead atoms. The summed E-state index contributed by atoms with van der Waals surface area (Å²) in [5.74, 6) is -0.189. The molecular formula is C23H19ClN6O2. The van der Waals surface area contributed by atoms with Gasteiger partial charge in [0, 0.05) is 16.1 Å². The molecule has 0 aliphatic heterocycles. The lowest BCUT2D eigenvalue weighted by atomic mass is 10.1. The van der Waals surface area contributed by atoms with Crippen molar-refractivity contribution in [3.63, 3.8) is 0 Å². The molecule has 4 aromatic rings. The van der Waals surface area contributed by atoms with Gasteiger partial charge in [0.25, 0.3) is 5.91 Å². The van der Waals surface area contributed by atoms with Crippen molar-refractivity contribution in [1.82, 2.24) is 31.1 Å². The number of hydrazine groups is 1. The van der Waals surface area contributed by atoms with E-state index in [1.807, 2.05) is 30.3 Å². The van der Waals surface area contributed by atoms with Gasteiger partial charge in [-0.05, 0) is 40.6 Å². The summed E-state index contributed by atoms with van der Waals surface area (Å²) in [6, 6.07) is 23.5. The van der Waals surface area contributed by atoms with Crippen molar-refractivity contribution >= 4 is 23.4 Å². The third-order valence-corrected chi connectivity index (χ3v) is 4.87. The monoisotopic (exact) mass is 446 g/mol. The maximum absolute atomic E-state index is 12.3. The number of carbonyl (C=O) groups is 2. The fraction of sp³-hybridized carbons (Fsp3) is 0.0870. The van der Waals surface area contributed by atoms with Crippen molar-refractivity contribution in [2.24, 2.45) is 0 Å². The van der Waals surface area contributed by atoms with Crippen LogP contribution >= 0.6 is 11.6 Å². The molecular weight excluding hydrogens is 428 g/mol. The van der Waals surface area contributed by atoms with Crippen molar-refractivity contribution in [3.8, 4) is 11.4 Å². The fourth-order valence-corrected chi connectivity index (χ4v) is 3.09. The number of hydrogen-bond acceptors (Lipinski definition) is 5. The first-order valence-electron chi connectivity index (χ1n) is 9.82. The summed E-state index contributed by atoms with van der Waals surface area (Å²) in [6.45, 7) is 0.416. The minimum Gasteiger partial charge on any atom is -0.273 e. The number of nitrogens with zero attached hydrogens (tertiary/aromatic N) is 4. The van der Waals surface area contributed by atoms with Gasteiger partial charge in [0.05, 0.1) is 13.0 Å². The van der Waals surface area contributed by atoms with E-state index in [0.29, 0.717) is 23.0 Å². The van der Waals surface area contributed by atoms with Gasteiger partial charge in [-0.3, -0.25) is 20.4 Å². The summed E-state index contributed by atoms with van der Waals surface area (Å²) in [5, 5.41) is 13.1. The van der Waals surface area contributed by atoms with E-state index in [1.54, 1.807) is 48.5 Å². The predicted octanol–water partition coefficient (Wildman–Crippen LogP) is 3.05. The zero-order valence-electron chi connectivity index (χ0n) is 16.9. The lowest BCUT2D eigenvalue weighted by Crippen LogP contribution is -2.42. The molecule has 1 aromatic heterocycles. The smallest absolute Gasteiger partial charge is 0.269 e. The second-order valence-electron chi connectivity index (χ2n) is 7.01. The molecule has 9 heteroatoms. The topological polar surface area (TPSA) is 102 Å². The van der Waals surface area contributed by atoms with Gasteiger partial charge in [-0.2, -0.15) is 4.80 Å². The van der Waals surface area contributed by atoms with Crippen LogP contribution in [0.2, 0.25) is 5.02 Å². The predicted molar refractivity (Wildman–Crippen MR) is 120 cm³/mol. The number of tetrazole rings is 1. The standard InChI is InChI=1S/C23H19ClN6O2/c24-20-12-8-16(9-13-20)14-21(31)25-27-23(32)19-10-6-17(7-11-19)15-30-28-22(26-29-30)18-4-2-1-3-5-18/h1-13H,14-15H2,(H,25,31)(H,27,32). The molecule has 0 saturated carbocycles. The van der Waals surface area contributed by atoms with E-state index < -0.39 is 5.91 Å². The highest BCUT2D eigenvalue weighted by Crippen LogP contribution is 2.13. The third-order valence-electron chi connectivity index (χ3n) is 4.62. The molecule has 2 amide bonds. The summed E-state index contributed by atoms with van der Waals surface area (Å²) in [7, 11) is 0. The van der Waals surface area contributed by atoms with Gasteiger partial charge in [-0.1, -0.05) is 66.2 Å². The van der Waals surface area contributed by atoms with Gasteiger partial charge in [0.2, 0.25) is 11.7 Å². The highest BCUT2D eigenvalue weighted by molar-refractivity contribution is 6.30. The molecule has 32 heavy (non-hydrogen) atoms. The molecule has 3 aromatic carbocycles. The Hall–Kier alpha value is -4.04. The zero-order valence-corrected chi connectivity index (χ0v) is 17.7. The van der Waals surface area contributed by atoms with E-state index in [1.165, 1.54) is 4.80 Å². The maximum Gasteiger partial charge on any atom is 0.269 e. The summed E-state index contributed by atoms with van der Waals surface area (Å²) in [6.07, 6.45) is 0.131. The van der Waals surface area contributed by atoms with Gasteiger partial charge in [0.1, 0.15) is 0 Å². The molecule has 8 nitrogen and oxygen atoms in total. The molecule has 0 saturated heterocycles. The Kier molecular flexibility index (Phi) is 6.52. The average molecular weight is 447 g/mol. The molecule has 160 valence electrons. The van der Waals surface area contributed by atoms with Crippen molar-refractivity contribution in [3.05, 3.63) is 101 Å². The normalized spacial score (nSPS) is 10.5. The second kappa shape index (κ2) is 9.84. The molecule has 0 spiro atoms. The van der Waals surface area contributed by atoms with Crippen LogP contribution in [0.5, 0.6) is 0 Å². The van der Waals surface area contributed by atoms with Crippen molar-refractivity contribution in [2.45, 2.75) is 13.0 Å². The number of hydrogen-bond donors (Lipinski definition) is 2. The number of rotatable bonds is 6. The fourth-order valence-electron chi connectivity index (χ4n) is 2.97. The SMILES string of the molecule is O=C(Cc1ccc(Cl)cc1)NNC(=O)c1ccc(Cn2nnc(-c3ccccc3)n2)cc1. The number of aromatic nitrogens is 4. The van der Waals surface area contributed by atoms with Crippen LogP contribution in [0.1, 0.15) is 21.5 Å². The largest absolute Gasteiger partial charge is 0.273 e. The van der Waals surface area contributed by atoms with Gasteiger partial charge in [-0.15, -0.1) is 10.2 Å². The van der Waals surface area contributed by atoms with Crippen LogP contribution in [0.4, 0.5) is 0 Å². The molecule has 0 aliphatic rings. The van der Waals surface area contributed by atoms with Crippen molar-refractivity contribution in [1.29, 1.82) is 0 Å². The summed E-state index contributed by atoms with van der Waals surface area (Å²) in [4.78, 5) is 25.8. The van der Waals surface area contributed by atoms with Crippen LogP contribution in [0.15, 0.2) is 78.9 Å². The Morgan fingerprint density at radius 3 is 2.25 bits per heavy atom. The maximum atomic E-state index is 12.3. The average Bonchev–Trinajstić information content (AvgIpc) is 3.28. The Labute approximate surface area is 189 Å². The van der Waals surface area contributed by atoms with Crippen LogP contribution in [0.25, 0.3) is 11.4 Å². The first kappa shape index (κ1) is 21.2. The number of amides is 2. The molecule has 1 heterocycles. The Balaban J connectivity index is 1.29. The minimum absolute atomic E-state index is 0.131. The van der Waals surface area contributed by atoms with E-state index >= 15 is 0 Å². The Morgan fingerprint density at radius 1 is 0.844 bits per heavy atom. The van der Waals surface area contributed by atoms with Gasteiger partial charge in [-0.25, -0.2) is 0 Å². The molecule has 0 fully saturated rings. The first-order chi connectivity index (χ1) is 15.6. The highest BCUT2D eigenvalue weighted by Gasteiger charge is 2.10. The van der Waals surface area contributed by atoms with Gasteiger partial charge < -0.3 is 0 Å². The molecule has 0 atom stereocenters. The van der Waals surface area contributed by atoms with Crippen molar-refractivity contribution in [2.75, 3.05) is 0 Å². The van der Waals surface area contributed by atoms with Crippen LogP contribution < -0.4 is 10.9 Å². The Bertz CT molecular complexity index is 1210. The lowest BCUT2D eigenvalue weighted by molar-refractivity contribution is -0.121. The van der Waals surface area contributed by atoms with E-state index in [-0.39, 0.29) is 12.3 Å². The number of halogens is 1. The van der Waals surface area contributed by atoms with Crippen LogP contribution in [0.3, 0.4) is 0 Å². The van der Waals surface area contributed by atoms with Crippen molar-refractivity contribution < 1.29 is 9.59 Å². The number of benzene rings is 3.